The number of nitrogens with one attached hydrogen (secondary N) is 1. The Labute approximate surface area is 151 Å². The van der Waals surface area contributed by atoms with Crippen molar-refractivity contribution in [3.8, 4) is 0 Å². The van der Waals surface area contributed by atoms with Gasteiger partial charge in [-0.3, -0.25) is 4.79 Å². The minimum absolute atomic E-state index is 0. The van der Waals surface area contributed by atoms with Crippen LogP contribution < -0.4 is 5.32 Å². The van der Waals surface area contributed by atoms with Gasteiger partial charge in [0.1, 0.15) is 0 Å². The first-order valence-electron chi connectivity index (χ1n) is 8.35. The summed E-state index contributed by atoms with van der Waals surface area (Å²) in [5.74, 6) is -0.331. The Morgan fingerprint density at radius 1 is 1.08 bits per heavy atom. The molecule has 24 heavy (non-hydrogen) atoms. The van der Waals surface area contributed by atoms with Gasteiger partial charge in [-0.05, 0) is 57.5 Å². The molecule has 2 rings (SSSR count). The minimum atomic E-state index is -3.37. The third-order valence-electron chi connectivity index (χ3n) is 4.12. The van der Waals surface area contributed by atoms with Crippen molar-refractivity contribution in [2.75, 3.05) is 31.9 Å². The topological polar surface area (TPSA) is 66.5 Å². The van der Waals surface area contributed by atoms with Crippen molar-refractivity contribution in [3.05, 3.63) is 30.3 Å². The number of unbranched alkanes of at least 4 members (excludes halogenated alkanes) is 1. The fourth-order valence-electron chi connectivity index (χ4n) is 2.76. The van der Waals surface area contributed by atoms with Gasteiger partial charge in [0.05, 0.1) is 10.6 Å². The van der Waals surface area contributed by atoms with Crippen LogP contribution in [0.5, 0.6) is 0 Å². The predicted molar refractivity (Wildman–Crippen MR) is 98.3 cm³/mol. The fraction of sp³-hybridized carbons (Fsp3) is 0.588. The lowest BCUT2D eigenvalue weighted by Crippen LogP contribution is -2.27. The van der Waals surface area contributed by atoms with Crippen molar-refractivity contribution in [2.24, 2.45) is 0 Å². The number of likely N-dealkylation sites (tertiary alicyclic amines) is 1. The third kappa shape index (κ3) is 7.20. The van der Waals surface area contributed by atoms with E-state index in [1.807, 2.05) is 0 Å². The largest absolute Gasteiger partial charge is 0.356 e. The average Bonchev–Trinajstić information content (AvgIpc) is 3.07. The maximum absolute atomic E-state index is 12.1. The van der Waals surface area contributed by atoms with Crippen LogP contribution in [0.2, 0.25) is 0 Å². The number of hydrogen-bond donors (Lipinski definition) is 1. The van der Waals surface area contributed by atoms with Crippen LogP contribution in [0.15, 0.2) is 35.2 Å². The molecule has 1 aromatic carbocycles. The summed E-state index contributed by atoms with van der Waals surface area (Å²) in [6.45, 7) is 4.11. The Balaban J connectivity index is 0.00000288. The molecule has 0 unspecified atom stereocenters. The molecular weight excluding hydrogens is 348 g/mol. The zero-order valence-electron chi connectivity index (χ0n) is 13.9. The Bertz CT molecular complexity index is 587. The van der Waals surface area contributed by atoms with Gasteiger partial charge in [0.25, 0.3) is 0 Å². The first-order valence-corrected chi connectivity index (χ1v) is 10.00. The second-order valence-electron chi connectivity index (χ2n) is 5.99. The molecule has 1 aliphatic rings. The monoisotopic (exact) mass is 374 g/mol. The molecule has 5 nitrogen and oxygen atoms in total. The van der Waals surface area contributed by atoms with E-state index in [4.69, 9.17) is 0 Å². The Kier molecular flexibility index (Phi) is 9.33. The molecule has 0 spiro atoms. The van der Waals surface area contributed by atoms with Gasteiger partial charge in [0, 0.05) is 13.0 Å². The molecule has 1 saturated heterocycles. The summed E-state index contributed by atoms with van der Waals surface area (Å²) in [6, 6.07) is 8.27. The van der Waals surface area contributed by atoms with E-state index >= 15 is 0 Å². The third-order valence-corrected chi connectivity index (χ3v) is 5.85. The van der Waals surface area contributed by atoms with E-state index in [2.05, 4.69) is 10.2 Å². The zero-order valence-corrected chi connectivity index (χ0v) is 15.6. The molecule has 1 heterocycles. The molecule has 1 aliphatic heterocycles. The summed E-state index contributed by atoms with van der Waals surface area (Å²) in [4.78, 5) is 14.5. The first kappa shape index (κ1) is 20.9. The van der Waals surface area contributed by atoms with Crippen molar-refractivity contribution in [1.29, 1.82) is 0 Å². The molecule has 0 saturated carbocycles. The highest BCUT2D eigenvalue weighted by Gasteiger charge is 2.16. The number of carbonyl (C=O) groups excluding carboxylic acids is 1. The first-order chi connectivity index (χ1) is 11.1. The van der Waals surface area contributed by atoms with Gasteiger partial charge in [-0.25, -0.2) is 8.42 Å². The number of halogens is 1. The molecule has 1 aromatic rings. The summed E-state index contributed by atoms with van der Waals surface area (Å²) in [5.41, 5.74) is 0. The van der Waals surface area contributed by atoms with Crippen LogP contribution in [0.1, 0.15) is 32.1 Å². The van der Waals surface area contributed by atoms with E-state index in [-0.39, 0.29) is 35.4 Å². The van der Waals surface area contributed by atoms with Gasteiger partial charge in [-0.1, -0.05) is 18.2 Å². The number of nitrogens with zero attached hydrogens (tertiary/aromatic N) is 1. The quantitative estimate of drug-likeness (QED) is 0.673. The highest BCUT2D eigenvalue weighted by molar-refractivity contribution is 7.91. The summed E-state index contributed by atoms with van der Waals surface area (Å²) in [6.07, 6.45) is 4.62. The van der Waals surface area contributed by atoms with Crippen molar-refractivity contribution in [3.63, 3.8) is 0 Å². The van der Waals surface area contributed by atoms with E-state index < -0.39 is 9.84 Å². The summed E-state index contributed by atoms with van der Waals surface area (Å²) < 4.78 is 24.1. The summed E-state index contributed by atoms with van der Waals surface area (Å²) >= 11 is 0. The highest BCUT2D eigenvalue weighted by Crippen LogP contribution is 2.11. The normalized spacial score (nSPS) is 15.0. The van der Waals surface area contributed by atoms with Crippen LogP contribution >= 0.6 is 12.4 Å². The van der Waals surface area contributed by atoms with Crippen molar-refractivity contribution >= 4 is 28.2 Å². The van der Waals surface area contributed by atoms with Gasteiger partial charge in [-0.15, -0.1) is 12.4 Å². The molecule has 1 amide bonds. The number of amides is 1. The minimum Gasteiger partial charge on any atom is -0.356 e. The van der Waals surface area contributed by atoms with Crippen LogP contribution in [0, 0.1) is 0 Å². The van der Waals surface area contributed by atoms with Gasteiger partial charge >= 0.3 is 0 Å². The molecule has 7 heteroatoms. The standard InChI is InChI=1S/C17H26N2O3S.ClH/c20-17(18-11-4-5-12-19-13-6-7-14-19)10-15-23(21,22)16-8-2-1-3-9-16;/h1-3,8-9H,4-7,10-15H2,(H,18,20);1H. The number of carbonyl (C=O) groups is 1. The highest BCUT2D eigenvalue weighted by atomic mass is 35.5. The lowest BCUT2D eigenvalue weighted by Gasteiger charge is -2.14. The van der Waals surface area contributed by atoms with Crippen LogP contribution in [0.3, 0.4) is 0 Å². The lowest BCUT2D eigenvalue weighted by molar-refractivity contribution is -0.120. The van der Waals surface area contributed by atoms with Crippen LogP contribution in [0.25, 0.3) is 0 Å². The maximum atomic E-state index is 12.1. The number of benzene rings is 1. The molecule has 0 bridgehead atoms. The van der Waals surface area contributed by atoms with E-state index in [9.17, 15) is 13.2 Å². The molecule has 0 aromatic heterocycles. The average molecular weight is 375 g/mol. The fourth-order valence-corrected chi connectivity index (χ4v) is 4.02. The summed E-state index contributed by atoms with van der Waals surface area (Å²) in [7, 11) is -3.37. The Hall–Kier alpha value is -1.11. The maximum Gasteiger partial charge on any atom is 0.221 e. The molecule has 1 N–H and O–H groups in total. The molecule has 0 atom stereocenters. The van der Waals surface area contributed by atoms with Gasteiger partial charge in [-0.2, -0.15) is 0 Å². The van der Waals surface area contributed by atoms with Gasteiger partial charge < -0.3 is 10.2 Å². The van der Waals surface area contributed by atoms with Crippen molar-refractivity contribution in [2.45, 2.75) is 37.0 Å². The van der Waals surface area contributed by atoms with E-state index in [0.29, 0.717) is 6.54 Å². The lowest BCUT2D eigenvalue weighted by atomic mass is 10.3. The zero-order chi connectivity index (χ0) is 16.5. The molecule has 1 fully saturated rings. The van der Waals surface area contributed by atoms with Gasteiger partial charge in [0.2, 0.25) is 5.91 Å². The van der Waals surface area contributed by atoms with E-state index in [1.54, 1.807) is 30.3 Å². The second-order valence-corrected chi connectivity index (χ2v) is 8.10. The van der Waals surface area contributed by atoms with Crippen molar-refractivity contribution in [1.82, 2.24) is 10.2 Å². The smallest absolute Gasteiger partial charge is 0.221 e. The van der Waals surface area contributed by atoms with Crippen molar-refractivity contribution < 1.29 is 13.2 Å². The Morgan fingerprint density at radius 3 is 2.42 bits per heavy atom. The molecule has 136 valence electrons. The van der Waals surface area contributed by atoms with Crippen LogP contribution in [0.4, 0.5) is 0 Å². The Morgan fingerprint density at radius 2 is 1.75 bits per heavy atom. The van der Waals surface area contributed by atoms with Crippen LogP contribution in [-0.4, -0.2) is 51.2 Å². The second kappa shape index (κ2) is 10.7. The SMILES string of the molecule is Cl.O=C(CCS(=O)(=O)c1ccccc1)NCCCCN1CCCC1. The predicted octanol–water partition coefficient (Wildman–Crippen LogP) is 2.26. The van der Waals surface area contributed by atoms with E-state index in [1.165, 1.54) is 25.9 Å². The number of rotatable bonds is 9. The molecule has 0 aliphatic carbocycles. The van der Waals surface area contributed by atoms with Crippen LogP contribution in [-0.2, 0) is 14.6 Å². The molecular formula is C17H27ClN2O3S. The summed E-state index contributed by atoms with van der Waals surface area (Å²) in [5, 5.41) is 2.81. The van der Waals surface area contributed by atoms with Gasteiger partial charge in [0.15, 0.2) is 9.84 Å². The number of hydrogen-bond acceptors (Lipinski definition) is 4. The number of sulfone groups is 1. The molecule has 0 radical (unpaired) electrons. The van der Waals surface area contributed by atoms with E-state index in [0.717, 1.165) is 19.4 Å².